The summed E-state index contributed by atoms with van der Waals surface area (Å²) in [6.45, 7) is 1.65. The lowest BCUT2D eigenvalue weighted by molar-refractivity contribution is -0.155. The minimum absolute atomic E-state index is 0.0858. The molecule has 280 valence electrons. The van der Waals surface area contributed by atoms with Gasteiger partial charge in [0.05, 0.1) is 0 Å². The van der Waals surface area contributed by atoms with Gasteiger partial charge in [-0.2, -0.15) is 0 Å². The van der Waals surface area contributed by atoms with Gasteiger partial charge in [-0.15, -0.1) is 11.8 Å². The molecule has 2 fully saturated rings. The summed E-state index contributed by atoms with van der Waals surface area (Å²) in [5.74, 6) is -4.11. The zero-order chi connectivity index (χ0) is 38.5. The van der Waals surface area contributed by atoms with Gasteiger partial charge in [0.25, 0.3) is 5.91 Å². The molecule has 0 spiro atoms. The standard InChI is InChI=1S/C37H37N7O9S/c1-2-42-17-18-43(33(48)32(42)47)37(51)41-26(21-13-15-25(38)16-14-21)30(45)40-27-31(46)44-28(24(19-52-36(39)50)20-54-34(27)44)35(49)53-29(22-9-5-3-6-10-22)23-11-7-4-8-12-23/h3-16,26-27,29,34H,2,17-20,38H2,1H3,(H2,39,50)(H,40,45)(H,41,51)/t26-,27+,34+/m0/s1. The Kier molecular flexibility index (Phi) is 11.2. The molecule has 3 atom stereocenters. The van der Waals surface area contributed by atoms with Crippen LogP contribution in [0.4, 0.5) is 15.3 Å². The normalized spacial score (nSPS) is 18.8. The summed E-state index contributed by atoms with van der Waals surface area (Å²) in [5.41, 5.74) is 13.2. The number of nitrogens with two attached hydrogens (primary N) is 2. The molecular weight excluding hydrogens is 719 g/mol. The van der Waals surface area contributed by atoms with Crippen molar-refractivity contribution in [2.45, 2.75) is 30.5 Å². The minimum atomic E-state index is -1.42. The molecule has 3 heterocycles. The lowest BCUT2D eigenvalue weighted by Gasteiger charge is -2.50. The van der Waals surface area contributed by atoms with Gasteiger partial charge in [0.15, 0.2) is 6.10 Å². The second-order valence-corrected chi connectivity index (χ2v) is 13.6. The number of amides is 7. The van der Waals surface area contributed by atoms with Crippen LogP contribution in [0.3, 0.4) is 0 Å². The second kappa shape index (κ2) is 16.1. The number of anilines is 1. The highest BCUT2D eigenvalue weighted by Gasteiger charge is 2.55. The molecule has 7 amide bonds. The fourth-order valence-electron chi connectivity index (χ4n) is 6.28. The van der Waals surface area contributed by atoms with Crippen molar-refractivity contribution in [3.8, 4) is 0 Å². The van der Waals surface area contributed by atoms with Gasteiger partial charge in [-0.3, -0.25) is 29.0 Å². The zero-order valence-corrected chi connectivity index (χ0v) is 29.8. The Labute approximate surface area is 313 Å². The van der Waals surface area contributed by atoms with Crippen LogP contribution in [-0.4, -0.2) is 99.8 Å². The average Bonchev–Trinajstić information content (AvgIpc) is 3.18. The molecule has 6 rings (SSSR count). The number of benzene rings is 3. The third-order valence-corrected chi connectivity index (χ3v) is 10.4. The number of likely N-dealkylation sites (N-methyl/N-ethyl adjacent to an activating group) is 1. The minimum Gasteiger partial charge on any atom is -0.448 e. The van der Waals surface area contributed by atoms with E-state index in [4.69, 9.17) is 20.9 Å². The van der Waals surface area contributed by atoms with Crippen LogP contribution in [-0.2, 0) is 33.4 Å². The largest absolute Gasteiger partial charge is 0.448 e. The molecule has 0 bridgehead atoms. The van der Waals surface area contributed by atoms with Crippen molar-refractivity contribution in [3.05, 3.63) is 113 Å². The molecule has 0 aliphatic carbocycles. The Morgan fingerprint density at radius 1 is 0.870 bits per heavy atom. The molecule has 3 aliphatic heterocycles. The molecule has 3 aromatic carbocycles. The van der Waals surface area contributed by atoms with Gasteiger partial charge in [0.1, 0.15) is 29.8 Å². The van der Waals surface area contributed by atoms with E-state index in [1.54, 1.807) is 55.5 Å². The molecule has 2 saturated heterocycles. The lowest BCUT2D eigenvalue weighted by Crippen LogP contribution is -2.71. The van der Waals surface area contributed by atoms with E-state index in [0.717, 1.165) is 4.90 Å². The SMILES string of the molecule is CCN1CCN(C(=O)N[C@H](C(=O)N[C@@H]2C(=O)N3C(C(=O)OC(c4ccccc4)c4ccccc4)=C(COC(N)=O)CS[C@H]23)c2ccc(N)cc2)C(=O)C1=O. The number of β-lactam (4-membered cyclic amide) rings is 1. The zero-order valence-electron chi connectivity index (χ0n) is 29.0. The number of rotatable bonds is 11. The Hall–Kier alpha value is -6.36. The number of carbonyl (C=O) groups excluding carboxylic acids is 7. The van der Waals surface area contributed by atoms with Gasteiger partial charge in [0, 0.05) is 36.6 Å². The molecule has 0 unspecified atom stereocenters. The number of hydrogen-bond donors (Lipinski definition) is 4. The number of primary amides is 1. The Balaban J connectivity index is 1.24. The molecule has 3 aliphatic rings. The first-order valence-corrected chi connectivity index (χ1v) is 18.0. The van der Waals surface area contributed by atoms with Gasteiger partial charge in [0.2, 0.25) is 5.91 Å². The van der Waals surface area contributed by atoms with Gasteiger partial charge in [-0.1, -0.05) is 72.8 Å². The number of thioether (sulfide) groups is 1. The number of esters is 1. The van der Waals surface area contributed by atoms with E-state index in [0.29, 0.717) is 16.8 Å². The lowest BCUT2D eigenvalue weighted by atomic mass is 10.00. The van der Waals surface area contributed by atoms with Crippen LogP contribution in [0.15, 0.2) is 96.2 Å². The summed E-state index contributed by atoms with van der Waals surface area (Å²) in [6, 6.07) is 20.5. The van der Waals surface area contributed by atoms with E-state index in [1.807, 2.05) is 12.1 Å². The second-order valence-electron chi connectivity index (χ2n) is 12.5. The summed E-state index contributed by atoms with van der Waals surface area (Å²) in [7, 11) is 0. The number of nitrogens with zero attached hydrogens (tertiary/aromatic N) is 3. The number of ether oxygens (including phenoxy) is 2. The van der Waals surface area contributed by atoms with Crippen molar-refractivity contribution in [2.75, 3.05) is 37.7 Å². The summed E-state index contributed by atoms with van der Waals surface area (Å²) in [5, 5.41) is 4.42. The van der Waals surface area contributed by atoms with Crippen molar-refractivity contribution in [3.63, 3.8) is 0 Å². The maximum absolute atomic E-state index is 14.1. The van der Waals surface area contributed by atoms with Crippen LogP contribution in [0.1, 0.15) is 35.8 Å². The Bertz CT molecular complexity index is 1960. The predicted molar refractivity (Wildman–Crippen MR) is 194 cm³/mol. The van der Waals surface area contributed by atoms with Crippen molar-refractivity contribution >= 4 is 59.2 Å². The molecule has 6 N–H and O–H groups in total. The van der Waals surface area contributed by atoms with Crippen LogP contribution in [0.25, 0.3) is 0 Å². The number of urea groups is 1. The van der Waals surface area contributed by atoms with Crippen molar-refractivity contribution < 1.29 is 43.0 Å². The third-order valence-electron chi connectivity index (χ3n) is 9.09. The maximum atomic E-state index is 14.1. The smallest absolute Gasteiger partial charge is 0.404 e. The van der Waals surface area contributed by atoms with Crippen LogP contribution >= 0.6 is 11.8 Å². The molecule has 17 heteroatoms. The summed E-state index contributed by atoms with van der Waals surface area (Å²) in [4.78, 5) is 95.3. The van der Waals surface area contributed by atoms with Crippen LogP contribution in [0.2, 0.25) is 0 Å². The monoisotopic (exact) mass is 755 g/mol. The van der Waals surface area contributed by atoms with Crippen LogP contribution < -0.4 is 22.1 Å². The highest BCUT2D eigenvalue weighted by Crippen LogP contribution is 2.42. The number of piperazine rings is 1. The fourth-order valence-corrected chi connectivity index (χ4v) is 7.61. The predicted octanol–water partition coefficient (Wildman–Crippen LogP) is 1.79. The van der Waals surface area contributed by atoms with Gasteiger partial charge in [-0.05, 0) is 35.7 Å². The van der Waals surface area contributed by atoms with E-state index in [2.05, 4.69) is 10.6 Å². The molecular formula is C37H37N7O9S. The van der Waals surface area contributed by atoms with Gasteiger partial charge in [-0.25, -0.2) is 14.4 Å². The highest BCUT2D eigenvalue weighted by atomic mass is 32.2. The summed E-state index contributed by atoms with van der Waals surface area (Å²) in [6.07, 6.45) is -1.94. The number of fused-ring (bicyclic) bond motifs is 1. The van der Waals surface area contributed by atoms with Crippen molar-refractivity contribution in [1.82, 2.24) is 25.3 Å². The Morgan fingerprint density at radius 2 is 1.50 bits per heavy atom. The first-order valence-electron chi connectivity index (χ1n) is 16.9. The van der Waals surface area contributed by atoms with E-state index in [1.165, 1.54) is 45.8 Å². The molecule has 0 radical (unpaired) electrons. The average molecular weight is 756 g/mol. The highest BCUT2D eigenvalue weighted by molar-refractivity contribution is 8.00. The van der Waals surface area contributed by atoms with Gasteiger partial charge < -0.3 is 36.5 Å². The molecule has 0 aromatic heterocycles. The van der Waals surface area contributed by atoms with Crippen molar-refractivity contribution in [1.29, 1.82) is 0 Å². The third kappa shape index (κ3) is 7.71. The summed E-state index contributed by atoms with van der Waals surface area (Å²) >= 11 is 1.20. The molecule has 0 saturated carbocycles. The van der Waals surface area contributed by atoms with Crippen LogP contribution in [0.5, 0.6) is 0 Å². The first kappa shape index (κ1) is 37.4. The first-order chi connectivity index (χ1) is 26.0. The Morgan fingerprint density at radius 3 is 2.09 bits per heavy atom. The number of nitrogen functional groups attached to an aromatic ring is 1. The van der Waals surface area contributed by atoms with E-state index in [9.17, 15) is 33.6 Å². The number of nitrogens with one attached hydrogen (secondary N) is 2. The van der Waals surface area contributed by atoms with Crippen LogP contribution in [0, 0.1) is 0 Å². The number of carbonyl (C=O) groups is 7. The quantitative estimate of drug-likeness (QED) is 0.0956. The topological polar surface area (TPSA) is 224 Å². The maximum Gasteiger partial charge on any atom is 0.404 e. The van der Waals surface area contributed by atoms with E-state index in [-0.39, 0.29) is 48.8 Å². The van der Waals surface area contributed by atoms with Gasteiger partial charge >= 0.3 is 29.9 Å². The number of hydrogen-bond acceptors (Lipinski definition) is 11. The molecule has 54 heavy (non-hydrogen) atoms. The fraction of sp³-hybridized carbons (Fsp3) is 0.270. The van der Waals surface area contributed by atoms with Crippen molar-refractivity contribution in [2.24, 2.45) is 5.73 Å². The number of imide groups is 1. The van der Waals surface area contributed by atoms with E-state index < -0.39 is 65.3 Å². The molecule has 3 aromatic rings. The molecule has 16 nitrogen and oxygen atoms in total. The van der Waals surface area contributed by atoms with E-state index >= 15 is 0 Å². The summed E-state index contributed by atoms with van der Waals surface area (Å²) < 4.78 is 11.1.